The highest BCUT2D eigenvalue weighted by Gasteiger charge is 2.56. The summed E-state index contributed by atoms with van der Waals surface area (Å²) in [5, 5.41) is 18.9. The van der Waals surface area contributed by atoms with Gasteiger partial charge in [0.15, 0.2) is 16.6 Å². The summed E-state index contributed by atoms with van der Waals surface area (Å²) in [6.07, 6.45) is 13.0. The lowest BCUT2D eigenvalue weighted by atomic mass is 9.76. The number of ether oxygens (including phenoxy) is 2. The molecule has 0 aromatic heterocycles. The minimum Gasteiger partial charge on any atom is -0.413 e. The fourth-order valence-corrected chi connectivity index (χ4v) is 9.91. The van der Waals surface area contributed by atoms with Gasteiger partial charge in [0.1, 0.15) is 0 Å². The summed E-state index contributed by atoms with van der Waals surface area (Å²) >= 11 is 0. The zero-order chi connectivity index (χ0) is 33.5. The average molecular weight is 653 g/mol. The van der Waals surface area contributed by atoms with Crippen LogP contribution in [0.5, 0.6) is 0 Å². The minimum atomic E-state index is -1.80. The molecule has 44 heavy (non-hydrogen) atoms. The van der Waals surface area contributed by atoms with E-state index in [4.69, 9.17) is 18.3 Å². The fourth-order valence-electron chi connectivity index (χ4n) is 7.01. The van der Waals surface area contributed by atoms with E-state index in [0.717, 1.165) is 25.7 Å². The van der Waals surface area contributed by atoms with E-state index in [1.54, 1.807) is 0 Å². The van der Waals surface area contributed by atoms with Crippen molar-refractivity contribution in [1.29, 1.82) is 0 Å². The first-order valence-corrected chi connectivity index (χ1v) is 23.2. The Morgan fingerprint density at radius 3 is 1.23 bits per heavy atom. The van der Waals surface area contributed by atoms with Gasteiger partial charge in [0.05, 0.1) is 35.6 Å². The Bertz CT molecular complexity index is 933. The van der Waals surface area contributed by atoms with E-state index in [1.807, 2.05) is 0 Å². The fraction of sp³-hybridized carbons (Fsp3) is 0.889. The minimum absolute atomic E-state index is 0.157. The molecule has 4 heterocycles. The second kappa shape index (κ2) is 13.7. The van der Waals surface area contributed by atoms with Gasteiger partial charge in [-0.15, -0.1) is 0 Å². The summed E-state index contributed by atoms with van der Waals surface area (Å²) in [6, 6.07) is 0. The summed E-state index contributed by atoms with van der Waals surface area (Å²) in [5.74, 6) is 1.40. The number of hydrogen-bond donors (Lipinski definition) is 2. The Labute approximate surface area is 272 Å². The Morgan fingerprint density at radius 2 is 0.955 bits per heavy atom. The molecule has 0 aliphatic carbocycles. The Balaban J connectivity index is 0.000000240. The molecule has 4 aliphatic heterocycles. The molecular formula is C36H68O6Si2. The van der Waals surface area contributed by atoms with Crippen molar-refractivity contribution in [3.8, 4) is 0 Å². The van der Waals surface area contributed by atoms with Gasteiger partial charge >= 0.3 is 0 Å². The molecule has 8 heteroatoms. The van der Waals surface area contributed by atoms with E-state index in [9.17, 15) is 10.2 Å². The summed E-state index contributed by atoms with van der Waals surface area (Å²) in [4.78, 5) is 0. The first-order chi connectivity index (χ1) is 20.1. The van der Waals surface area contributed by atoms with Crippen molar-refractivity contribution in [3.63, 3.8) is 0 Å². The molecule has 256 valence electrons. The van der Waals surface area contributed by atoms with Crippen LogP contribution in [0.3, 0.4) is 0 Å². The third-order valence-electron chi connectivity index (χ3n) is 12.4. The quantitative estimate of drug-likeness (QED) is 0.183. The smallest absolute Gasteiger partial charge is 0.192 e. The predicted molar refractivity (Wildman–Crippen MR) is 187 cm³/mol. The molecule has 0 unspecified atom stereocenters. The van der Waals surface area contributed by atoms with Crippen molar-refractivity contribution in [1.82, 2.24) is 0 Å². The van der Waals surface area contributed by atoms with E-state index in [0.29, 0.717) is 23.7 Å². The van der Waals surface area contributed by atoms with Crippen LogP contribution in [0.4, 0.5) is 0 Å². The summed E-state index contributed by atoms with van der Waals surface area (Å²) < 4.78 is 26.3. The van der Waals surface area contributed by atoms with Gasteiger partial charge in [0.25, 0.3) is 0 Å². The molecule has 0 spiro atoms. The van der Waals surface area contributed by atoms with Crippen LogP contribution in [0, 0.1) is 23.7 Å². The first-order valence-electron chi connectivity index (χ1n) is 17.4. The van der Waals surface area contributed by atoms with Crippen molar-refractivity contribution >= 4 is 16.6 Å². The van der Waals surface area contributed by atoms with E-state index in [1.165, 1.54) is 0 Å². The van der Waals surface area contributed by atoms with Gasteiger partial charge in [-0.3, -0.25) is 0 Å². The summed E-state index contributed by atoms with van der Waals surface area (Å²) in [6.45, 7) is 32.6. The first kappa shape index (κ1) is 38.1. The Kier molecular flexibility index (Phi) is 11.8. The van der Waals surface area contributed by atoms with E-state index < -0.39 is 16.6 Å². The number of aliphatic hydroxyl groups is 2. The van der Waals surface area contributed by atoms with Gasteiger partial charge in [0, 0.05) is 36.9 Å². The van der Waals surface area contributed by atoms with Crippen LogP contribution in [-0.2, 0) is 18.3 Å². The van der Waals surface area contributed by atoms with Crippen LogP contribution in [0.1, 0.15) is 94.9 Å². The molecule has 0 aromatic rings. The van der Waals surface area contributed by atoms with Crippen molar-refractivity contribution < 1.29 is 28.5 Å². The highest BCUT2D eigenvalue weighted by molar-refractivity contribution is 6.74. The number of rotatable bonds is 10. The normalized spacial score (nSPS) is 38.5. The standard InChI is InChI=1S/2C18H34O3Si/c2*1-13-15-9-11-18(20-15,10-8-12-19)14(2)16(13)21-22(6,7)17(3,4)5/h2*9,11,13-16,19H,8,10,12H2,1-7H3/t2*13-,14-,15+,16-,18-/m10/s1. The Hall–Kier alpha value is -0.326. The SMILES string of the molecule is C[C@@H]1[C@H](O[Si](C)(C)C(C)(C)C)[C@H](C)[C@]2(CCCO)C=C[C@H]1O2.C[C@H]1[C@@H](O[Si](C)(C)C(C)(C)C)[C@@H](C)[C@@]2(CCCO)C=C[C@@H]1O2. The van der Waals surface area contributed by atoms with Crippen molar-refractivity contribution in [2.45, 2.75) is 167 Å². The van der Waals surface area contributed by atoms with Crippen LogP contribution in [0.2, 0.25) is 36.3 Å². The molecule has 4 rings (SSSR count). The van der Waals surface area contributed by atoms with Crippen molar-refractivity contribution in [2.24, 2.45) is 23.7 Å². The number of aliphatic hydroxyl groups excluding tert-OH is 2. The van der Waals surface area contributed by atoms with Gasteiger partial charge in [-0.05, 0) is 61.9 Å². The lowest BCUT2D eigenvalue weighted by molar-refractivity contribution is -0.171. The van der Waals surface area contributed by atoms with Gasteiger partial charge in [-0.1, -0.05) is 93.5 Å². The third-order valence-corrected chi connectivity index (χ3v) is 21.3. The summed E-state index contributed by atoms with van der Waals surface area (Å²) in [7, 11) is -3.61. The lowest BCUT2D eigenvalue weighted by Gasteiger charge is -2.51. The van der Waals surface area contributed by atoms with Crippen LogP contribution in [-0.4, -0.2) is 75.7 Å². The molecule has 4 aliphatic rings. The number of hydrogen-bond acceptors (Lipinski definition) is 6. The largest absolute Gasteiger partial charge is 0.413 e. The molecule has 0 amide bonds. The molecular weight excluding hydrogens is 585 g/mol. The highest BCUT2D eigenvalue weighted by Crippen LogP contribution is 2.51. The number of fused-ring (bicyclic) bond motifs is 4. The van der Waals surface area contributed by atoms with E-state index in [2.05, 4.69) is 120 Å². The zero-order valence-electron chi connectivity index (χ0n) is 30.7. The van der Waals surface area contributed by atoms with Crippen LogP contribution in [0.15, 0.2) is 24.3 Å². The van der Waals surface area contributed by atoms with Crippen LogP contribution in [0.25, 0.3) is 0 Å². The molecule has 0 aromatic carbocycles. The zero-order valence-corrected chi connectivity index (χ0v) is 32.7. The van der Waals surface area contributed by atoms with Crippen molar-refractivity contribution in [2.75, 3.05) is 13.2 Å². The average Bonchev–Trinajstić information content (AvgIpc) is 3.52. The predicted octanol–water partition coefficient (Wildman–Crippen LogP) is 8.26. The maximum absolute atomic E-state index is 9.21. The lowest BCUT2D eigenvalue weighted by Crippen LogP contribution is -2.57. The highest BCUT2D eigenvalue weighted by atomic mass is 28.4. The molecule has 2 fully saturated rings. The third kappa shape index (κ3) is 7.53. The van der Waals surface area contributed by atoms with Gasteiger partial charge in [-0.2, -0.15) is 0 Å². The molecule has 2 N–H and O–H groups in total. The second-order valence-corrected chi connectivity index (χ2v) is 26.9. The van der Waals surface area contributed by atoms with Gasteiger partial charge in [-0.25, -0.2) is 0 Å². The molecule has 0 radical (unpaired) electrons. The van der Waals surface area contributed by atoms with E-state index in [-0.39, 0.29) is 58.9 Å². The van der Waals surface area contributed by atoms with Crippen LogP contribution >= 0.6 is 0 Å². The monoisotopic (exact) mass is 652 g/mol. The maximum atomic E-state index is 9.21. The van der Waals surface area contributed by atoms with Crippen LogP contribution < -0.4 is 0 Å². The summed E-state index contributed by atoms with van der Waals surface area (Å²) in [5.41, 5.74) is -0.486. The molecule has 4 bridgehead atoms. The maximum Gasteiger partial charge on any atom is 0.192 e. The Morgan fingerprint density at radius 1 is 0.636 bits per heavy atom. The topological polar surface area (TPSA) is 77.4 Å². The molecule has 10 atom stereocenters. The molecule has 2 saturated heterocycles. The van der Waals surface area contributed by atoms with Gasteiger partial charge < -0.3 is 28.5 Å². The van der Waals surface area contributed by atoms with E-state index >= 15 is 0 Å². The molecule has 6 nitrogen and oxygen atoms in total. The second-order valence-electron chi connectivity index (χ2n) is 17.4. The molecule has 0 saturated carbocycles. The van der Waals surface area contributed by atoms with Crippen molar-refractivity contribution in [3.05, 3.63) is 24.3 Å². The van der Waals surface area contributed by atoms with Gasteiger partial charge in [0.2, 0.25) is 0 Å².